The Bertz CT molecular complexity index is 626. The van der Waals surface area contributed by atoms with Crippen LogP contribution >= 0.6 is 0 Å². The lowest BCUT2D eigenvalue weighted by Crippen LogP contribution is -2.11. The van der Waals surface area contributed by atoms with Crippen molar-refractivity contribution in [2.24, 2.45) is 0 Å². The Balaban J connectivity index is 1.89. The van der Waals surface area contributed by atoms with E-state index in [0.29, 0.717) is 0 Å². The zero-order chi connectivity index (χ0) is 13.9. The van der Waals surface area contributed by atoms with E-state index in [-0.39, 0.29) is 0 Å². The smallest absolute Gasteiger partial charge is 0.118 e. The molecule has 2 aromatic carbocycles. The van der Waals surface area contributed by atoms with Crippen LogP contribution in [0.5, 0.6) is 5.75 Å². The molecule has 0 aromatic heterocycles. The third-order valence-electron chi connectivity index (χ3n) is 3.85. The van der Waals surface area contributed by atoms with Gasteiger partial charge in [-0.25, -0.2) is 0 Å². The van der Waals surface area contributed by atoms with Crippen molar-refractivity contribution in [3.63, 3.8) is 0 Å². The lowest BCUT2D eigenvalue weighted by atomic mass is 9.85. The standard InChI is InChI=1S/C18H18O2/c1-20-16-10-6-13(7-11-16)12-15-9-8-14-4-2-3-5-17(14)18(15)19/h2-7,10-12,18-19H,8-9H2,1H3/b15-12+. The molecule has 0 radical (unpaired) electrons. The molecule has 0 fully saturated rings. The summed E-state index contributed by atoms with van der Waals surface area (Å²) in [5, 5.41) is 10.5. The molecule has 0 spiro atoms. The molecule has 0 bridgehead atoms. The van der Waals surface area contributed by atoms with Gasteiger partial charge in [0.2, 0.25) is 0 Å². The highest BCUT2D eigenvalue weighted by molar-refractivity contribution is 5.57. The summed E-state index contributed by atoms with van der Waals surface area (Å²) >= 11 is 0. The van der Waals surface area contributed by atoms with E-state index < -0.39 is 6.10 Å². The fourth-order valence-corrected chi connectivity index (χ4v) is 2.71. The first kappa shape index (κ1) is 12.9. The molecule has 0 saturated carbocycles. The maximum Gasteiger partial charge on any atom is 0.118 e. The lowest BCUT2D eigenvalue weighted by molar-refractivity contribution is 0.206. The highest BCUT2D eigenvalue weighted by Crippen LogP contribution is 2.34. The van der Waals surface area contributed by atoms with Crippen molar-refractivity contribution in [3.05, 3.63) is 70.8 Å². The molecule has 20 heavy (non-hydrogen) atoms. The zero-order valence-electron chi connectivity index (χ0n) is 11.5. The summed E-state index contributed by atoms with van der Waals surface area (Å²) in [7, 11) is 1.66. The van der Waals surface area contributed by atoms with Crippen molar-refractivity contribution in [2.45, 2.75) is 18.9 Å². The first-order valence-corrected chi connectivity index (χ1v) is 6.88. The molecule has 0 saturated heterocycles. The van der Waals surface area contributed by atoms with Crippen LogP contribution in [0.4, 0.5) is 0 Å². The van der Waals surface area contributed by atoms with Crippen molar-refractivity contribution in [2.75, 3.05) is 7.11 Å². The predicted octanol–water partition coefficient (Wildman–Crippen LogP) is 3.76. The Morgan fingerprint density at radius 2 is 1.80 bits per heavy atom. The number of rotatable bonds is 2. The monoisotopic (exact) mass is 266 g/mol. The molecule has 0 aliphatic heterocycles. The van der Waals surface area contributed by atoms with Crippen LogP contribution in [0.25, 0.3) is 6.08 Å². The molecule has 1 unspecified atom stereocenters. The van der Waals surface area contributed by atoms with Gasteiger partial charge in [-0.15, -0.1) is 0 Å². The van der Waals surface area contributed by atoms with Gasteiger partial charge in [-0.1, -0.05) is 42.5 Å². The Labute approximate surface area is 119 Å². The van der Waals surface area contributed by atoms with Gasteiger partial charge in [-0.05, 0) is 47.2 Å². The van der Waals surface area contributed by atoms with E-state index in [0.717, 1.165) is 35.3 Å². The summed E-state index contributed by atoms with van der Waals surface area (Å²) in [4.78, 5) is 0. The number of aryl methyl sites for hydroxylation is 1. The van der Waals surface area contributed by atoms with Gasteiger partial charge in [-0.2, -0.15) is 0 Å². The molecular formula is C18H18O2. The topological polar surface area (TPSA) is 29.5 Å². The minimum Gasteiger partial charge on any atom is -0.497 e. The quantitative estimate of drug-likeness (QED) is 0.896. The largest absolute Gasteiger partial charge is 0.497 e. The third-order valence-corrected chi connectivity index (χ3v) is 3.85. The van der Waals surface area contributed by atoms with E-state index in [1.54, 1.807) is 7.11 Å². The number of fused-ring (bicyclic) bond motifs is 1. The highest BCUT2D eigenvalue weighted by Gasteiger charge is 2.21. The Morgan fingerprint density at radius 3 is 2.55 bits per heavy atom. The fourth-order valence-electron chi connectivity index (χ4n) is 2.71. The number of methoxy groups -OCH3 is 1. The van der Waals surface area contributed by atoms with Crippen LogP contribution < -0.4 is 4.74 Å². The summed E-state index contributed by atoms with van der Waals surface area (Å²) < 4.78 is 5.16. The molecule has 2 aromatic rings. The van der Waals surface area contributed by atoms with Crippen molar-refractivity contribution in [3.8, 4) is 5.75 Å². The van der Waals surface area contributed by atoms with Crippen LogP contribution in [0.3, 0.4) is 0 Å². The zero-order valence-corrected chi connectivity index (χ0v) is 11.5. The number of aliphatic hydroxyl groups excluding tert-OH is 1. The Hall–Kier alpha value is -2.06. The summed E-state index contributed by atoms with van der Waals surface area (Å²) in [5.74, 6) is 0.849. The van der Waals surface area contributed by atoms with Gasteiger partial charge in [-0.3, -0.25) is 0 Å². The minimum atomic E-state index is -0.484. The van der Waals surface area contributed by atoms with Crippen molar-refractivity contribution in [1.29, 1.82) is 0 Å². The van der Waals surface area contributed by atoms with Gasteiger partial charge in [0.1, 0.15) is 11.9 Å². The summed E-state index contributed by atoms with van der Waals surface area (Å²) in [6, 6.07) is 16.0. The van der Waals surface area contributed by atoms with Crippen molar-refractivity contribution >= 4 is 6.08 Å². The molecule has 0 amide bonds. The maximum atomic E-state index is 10.5. The predicted molar refractivity (Wildman–Crippen MR) is 80.7 cm³/mol. The second-order valence-electron chi connectivity index (χ2n) is 5.09. The highest BCUT2D eigenvalue weighted by atomic mass is 16.5. The molecule has 102 valence electrons. The van der Waals surface area contributed by atoms with Crippen LogP contribution in [0.2, 0.25) is 0 Å². The van der Waals surface area contributed by atoms with E-state index in [4.69, 9.17) is 4.74 Å². The Morgan fingerprint density at radius 1 is 1.05 bits per heavy atom. The molecule has 1 atom stereocenters. The molecular weight excluding hydrogens is 248 g/mol. The number of hydrogen-bond donors (Lipinski definition) is 1. The molecule has 3 rings (SSSR count). The molecule has 1 aliphatic carbocycles. The first-order valence-electron chi connectivity index (χ1n) is 6.88. The average Bonchev–Trinajstić information content (AvgIpc) is 2.51. The molecule has 1 aliphatic rings. The van der Waals surface area contributed by atoms with Crippen LogP contribution in [-0.2, 0) is 6.42 Å². The fraction of sp³-hybridized carbons (Fsp3) is 0.222. The third kappa shape index (κ3) is 2.47. The van der Waals surface area contributed by atoms with Gasteiger partial charge in [0.05, 0.1) is 7.11 Å². The van der Waals surface area contributed by atoms with Gasteiger partial charge >= 0.3 is 0 Å². The second-order valence-corrected chi connectivity index (χ2v) is 5.09. The number of ether oxygens (including phenoxy) is 1. The minimum absolute atomic E-state index is 0.484. The van der Waals surface area contributed by atoms with Crippen LogP contribution in [0, 0.1) is 0 Å². The van der Waals surface area contributed by atoms with E-state index in [9.17, 15) is 5.11 Å². The van der Waals surface area contributed by atoms with Crippen molar-refractivity contribution < 1.29 is 9.84 Å². The van der Waals surface area contributed by atoms with Crippen molar-refractivity contribution in [1.82, 2.24) is 0 Å². The lowest BCUT2D eigenvalue weighted by Gasteiger charge is -2.24. The molecule has 1 N–H and O–H groups in total. The van der Waals surface area contributed by atoms with E-state index in [1.807, 2.05) is 42.5 Å². The van der Waals surface area contributed by atoms with Gasteiger partial charge in [0, 0.05) is 0 Å². The second kappa shape index (κ2) is 5.51. The summed E-state index contributed by atoms with van der Waals surface area (Å²) in [6.45, 7) is 0. The van der Waals surface area contributed by atoms with E-state index in [1.165, 1.54) is 5.56 Å². The summed E-state index contributed by atoms with van der Waals surface area (Å²) in [5.41, 5.74) is 4.47. The van der Waals surface area contributed by atoms with Crippen LogP contribution in [0.15, 0.2) is 54.1 Å². The molecule has 2 nitrogen and oxygen atoms in total. The molecule has 2 heteroatoms. The number of aliphatic hydroxyl groups is 1. The summed E-state index contributed by atoms with van der Waals surface area (Å²) in [6.07, 6.45) is 3.50. The van der Waals surface area contributed by atoms with E-state index in [2.05, 4.69) is 12.1 Å². The van der Waals surface area contributed by atoms with Gasteiger partial charge < -0.3 is 9.84 Å². The van der Waals surface area contributed by atoms with Gasteiger partial charge in [0.15, 0.2) is 0 Å². The molecule has 0 heterocycles. The first-order chi connectivity index (χ1) is 9.78. The van der Waals surface area contributed by atoms with Crippen LogP contribution in [-0.4, -0.2) is 12.2 Å². The SMILES string of the molecule is COc1ccc(/C=C2\CCc3ccccc3C2O)cc1. The normalized spacial score (nSPS) is 19.7. The van der Waals surface area contributed by atoms with Crippen LogP contribution in [0.1, 0.15) is 29.2 Å². The maximum absolute atomic E-state index is 10.5. The average molecular weight is 266 g/mol. The Kier molecular flexibility index (Phi) is 3.57. The number of benzene rings is 2. The van der Waals surface area contributed by atoms with E-state index >= 15 is 0 Å². The number of hydrogen-bond acceptors (Lipinski definition) is 2. The van der Waals surface area contributed by atoms with Gasteiger partial charge in [0.25, 0.3) is 0 Å².